The molecule has 0 fully saturated rings. The van der Waals surface area contributed by atoms with E-state index < -0.39 is 17.2 Å². The molecule has 0 bridgehead atoms. The Bertz CT molecular complexity index is 961. The number of amides is 1. The summed E-state index contributed by atoms with van der Waals surface area (Å²) >= 11 is 1.20. The van der Waals surface area contributed by atoms with Crippen LogP contribution in [0.1, 0.15) is 11.3 Å². The molecule has 5 nitrogen and oxygen atoms in total. The third kappa shape index (κ3) is 4.27. The zero-order valence-electron chi connectivity index (χ0n) is 13.5. The van der Waals surface area contributed by atoms with Crippen molar-refractivity contribution in [3.8, 4) is 6.07 Å². The Hall–Kier alpha value is -2.17. The van der Waals surface area contributed by atoms with E-state index in [0.717, 1.165) is 10.3 Å². The number of aliphatic hydroxyl groups is 1. The number of hydrogen-bond acceptors (Lipinski definition) is 5. The van der Waals surface area contributed by atoms with Crippen molar-refractivity contribution < 1.29 is 39.5 Å². The van der Waals surface area contributed by atoms with Gasteiger partial charge in [0, 0.05) is 5.39 Å². The summed E-state index contributed by atoms with van der Waals surface area (Å²) in [5, 5.41) is 24.2. The van der Waals surface area contributed by atoms with Crippen LogP contribution in [0.3, 0.4) is 0 Å². The molecular formula is C18H12N3NaO2S. The molecule has 1 N–H and O–H groups in total. The fourth-order valence-electron chi connectivity index (χ4n) is 2.20. The predicted octanol–water partition coefficient (Wildman–Crippen LogP) is 1.19. The van der Waals surface area contributed by atoms with Crippen molar-refractivity contribution in [2.75, 3.05) is 0 Å². The van der Waals surface area contributed by atoms with E-state index in [1.807, 2.05) is 42.5 Å². The molecule has 0 saturated heterocycles. The van der Waals surface area contributed by atoms with Crippen LogP contribution >= 0.6 is 11.5 Å². The van der Waals surface area contributed by atoms with Crippen molar-refractivity contribution in [2.45, 2.75) is 6.54 Å². The van der Waals surface area contributed by atoms with Gasteiger partial charge in [0.15, 0.2) is 5.76 Å². The van der Waals surface area contributed by atoms with Crippen LogP contribution < -0.4 is 29.6 Å². The molecule has 118 valence electrons. The Morgan fingerprint density at radius 2 is 1.84 bits per heavy atom. The maximum atomic E-state index is 12.2. The Balaban J connectivity index is 0.00000225. The van der Waals surface area contributed by atoms with Gasteiger partial charge in [-0.2, -0.15) is 9.64 Å². The van der Waals surface area contributed by atoms with E-state index in [9.17, 15) is 15.2 Å². The second kappa shape index (κ2) is 8.79. The number of aliphatic hydroxyl groups excluding tert-OH is 1. The molecule has 1 heterocycles. The van der Waals surface area contributed by atoms with Crippen molar-refractivity contribution >= 4 is 33.3 Å². The van der Waals surface area contributed by atoms with Gasteiger partial charge in [-0.25, -0.2) is 0 Å². The number of nitriles is 1. The van der Waals surface area contributed by atoms with Crippen LogP contribution in [0.25, 0.3) is 21.2 Å². The molecule has 3 aromatic rings. The number of nitrogens with zero attached hydrogens (tertiary/aromatic N) is 3. The fourth-order valence-corrected chi connectivity index (χ4v) is 2.98. The Morgan fingerprint density at radius 1 is 1.16 bits per heavy atom. The van der Waals surface area contributed by atoms with Crippen LogP contribution in [-0.2, 0) is 11.3 Å². The predicted molar refractivity (Wildman–Crippen MR) is 93.3 cm³/mol. The maximum Gasteiger partial charge on any atom is 1.00 e. The molecule has 0 spiro atoms. The van der Waals surface area contributed by atoms with Gasteiger partial charge in [-0.15, -0.1) is 6.54 Å². The molecule has 0 saturated carbocycles. The Morgan fingerprint density at radius 3 is 2.56 bits per heavy atom. The number of benzene rings is 2. The molecule has 0 aliphatic heterocycles. The van der Waals surface area contributed by atoms with Gasteiger partial charge in [-0.3, -0.25) is 0 Å². The summed E-state index contributed by atoms with van der Waals surface area (Å²) < 4.78 is 5.02. The molecule has 7 heteroatoms. The molecule has 0 radical (unpaired) electrons. The van der Waals surface area contributed by atoms with Crippen LogP contribution in [0.4, 0.5) is 0 Å². The smallest absolute Gasteiger partial charge is 0.645 e. The second-order valence-electron chi connectivity index (χ2n) is 4.97. The first kappa shape index (κ1) is 19.2. The van der Waals surface area contributed by atoms with E-state index >= 15 is 0 Å². The first-order valence-electron chi connectivity index (χ1n) is 7.14. The molecule has 0 atom stereocenters. The second-order valence-corrected chi connectivity index (χ2v) is 5.77. The number of fused-ring (bicyclic) bond motifs is 1. The van der Waals surface area contributed by atoms with Crippen molar-refractivity contribution in [3.63, 3.8) is 0 Å². The summed E-state index contributed by atoms with van der Waals surface area (Å²) in [5.74, 6) is -1.19. The van der Waals surface area contributed by atoms with Gasteiger partial charge in [0.05, 0.1) is 10.6 Å². The monoisotopic (exact) mass is 357 g/mol. The zero-order valence-corrected chi connectivity index (χ0v) is 16.3. The van der Waals surface area contributed by atoms with E-state index in [1.165, 1.54) is 11.5 Å². The number of rotatable bonds is 4. The minimum absolute atomic E-state index is 0. The standard InChI is InChI=1S/C18H13N3O2S.Na/c19-10-14(18(23)20-11-12-6-2-1-3-7-12)17(22)16-13-8-4-5-9-15(13)24-21-16;/h1-9H,11H2,(H2,20,22,23);/q;+1/p-1. The van der Waals surface area contributed by atoms with Crippen LogP contribution in [-0.4, -0.2) is 15.4 Å². The average molecular weight is 357 g/mol. The molecule has 1 amide bonds. The van der Waals surface area contributed by atoms with Gasteiger partial charge in [0.25, 0.3) is 0 Å². The topological polar surface area (TPSA) is 88.1 Å². The van der Waals surface area contributed by atoms with Gasteiger partial charge in [-0.05, 0) is 17.6 Å². The number of carbonyl (C=O) groups excluding carboxylic acids is 1. The summed E-state index contributed by atoms with van der Waals surface area (Å²) in [4.78, 5) is 12.2. The minimum Gasteiger partial charge on any atom is -0.645 e. The largest absolute Gasteiger partial charge is 1.00 e. The third-order valence-corrected chi connectivity index (χ3v) is 4.24. The summed E-state index contributed by atoms with van der Waals surface area (Å²) in [5.41, 5.74) is 0.680. The van der Waals surface area contributed by atoms with Crippen molar-refractivity contribution in [1.29, 1.82) is 5.26 Å². The van der Waals surface area contributed by atoms with E-state index in [4.69, 9.17) is 0 Å². The third-order valence-electron chi connectivity index (χ3n) is 3.41. The van der Waals surface area contributed by atoms with Crippen LogP contribution in [0.5, 0.6) is 0 Å². The first-order valence-corrected chi connectivity index (χ1v) is 7.92. The normalized spacial score (nSPS) is 11.2. The molecule has 2 aromatic carbocycles. The molecule has 1 aromatic heterocycles. The zero-order chi connectivity index (χ0) is 16.9. The Labute approximate surface area is 171 Å². The molecule has 25 heavy (non-hydrogen) atoms. The summed E-state index contributed by atoms with van der Waals surface area (Å²) in [6.45, 7) is 0.149. The Kier molecular flexibility index (Phi) is 6.73. The first-order chi connectivity index (χ1) is 11.7. The fraction of sp³-hybridized carbons (Fsp3) is 0.0556. The van der Waals surface area contributed by atoms with Gasteiger partial charge in [0.2, 0.25) is 0 Å². The molecule has 3 rings (SSSR count). The van der Waals surface area contributed by atoms with E-state index in [0.29, 0.717) is 5.39 Å². The average Bonchev–Trinajstić information content (AvgIpc) is 3.05. The van der Waals surface area contributed by atoms with E-state index in [1.54, 1.807) is 18.2 Å². The molecule has 0 unspecified atom stereocenters. The van der Waals surface area contributed by atoms with Gasteiger partial charge >= 0.3 is 29.6 Å². The molecule has 0 aliphatic carbocycles. The maximum absolute atomic E-state index is 12.2. The quantitative estimate of drug-likeness (QED) is 0.329. The van der Waals surface area contributed by atoms with Crippen molar-refractivity contribution in [2.24, 2.45) is 0 Å². The summed E-state index contributed by atoms with van der Waals surface area (Å²) in [6, 6.07) is 18.3. The van der Waals surface area contributed by atoms with E-state index in [2.05, 4.69) is 9.69 Å². The summed E-state index contributed by atoms with van der Waals surface area (Å²) in [7, 11) is 0. The van der Waals surface area contributed by atoms with Gasteiger partial charge in [0.1, 0.15) is 17.3 Å². The van der Waals surface area contributed by atoms with Gasteiger partial charge in [-0.1, -0.05) is 54.1 Å². The van der Waals surface area contributed by atoms with Crippen LogP contribution in [0.15, 0.2) is 60.2 Å². The van der Waals surface area contributed by atoms with Crippen molar-refractivity contribution in [1.82, 2.24) is 4.37 Å². The number of carbonyl (C=O) groups is 1. The van der Waals surface area contributed by atoms with Crippen molar-refractivity contribution in [3.05, 3.63) is 76.7 Å². The molecular weight excluding hydrogens is 345 g/mol. The van der Waals surface area contributed by atoms with Crippen LogP contribution in [0.2, 0.25) is 0 Å². The molecule has 0 aliphatic rings. The number of aromatic nitrogens is 1. The number of hydrogen-bond donors (Lipinski definition) is 1. The summed E-state index contributed by atoms with van der Waals surface area (Å²) in [6.07, 6.45) is 0. The minimum atomic E-state index is -0.754. The van der Waals surface area contributed by atoms with Crippen LogP contribution in [0, 0.1) is 11.3 Å². The van der Waals surface area contributed by atoms with E-state index in [-0.39, 0.29) is 41.8 Å². The van der Waals surface area contributed by atoms with Gasteiger partial charge < -0.3 is 15.2 Å². The SMILES string of the molecule is N#CC(C(=O)[N-]Cc1ccccc1)=C(O)c1nsc2ccccc12.[Na+].